The molecule has 0 saturated carbocycles. The predicted octanol–water partition coefficient (Wildman–Crippen LogP) is 1.66. The number of piperazine rings is 1. The summed E-state index contributed by atoms with van der Waals surface area (Å²) in [5.41, 5.74) is 3.62. The summed E-state index contributed by atoms with van der Waals surface area (Å²) in [5.74, 6) is 0.808. The highest BCUT2D eigenvalue weighted by Crippen LogP contribution is 2.23. The van der Waals surface area contributed by atoms with Crippen LogP contribution in [0.3, 0.4) is 0 Å². The summed E-state index contributed by atoms with van der Waals surface area (Å²) in [6.07, 6.45) is 4.24. The second kappa shape index (κ2) is 7.58. The molecule has 1 unspecified atom stereocenters. The molecule has 2 aromatic heterocycles. The topological polar surface area (TPSA) is 78.4 Å². The molecule has 1 N–H and O–H groups in total. The van der Waals surface area contributed by atoms with Crippen molar-refractivity contribution in [3.05, 3.63) is 53.0 Å². The SMILES string of the molecule is Cc1cnc(N2CCN(C(=O)c3ccc(C4CCNC4=O)nc3)CC2)c(C)c1. The first kappa shape index (κ1) is 18.4. The van der Waals surface area contributed by atoms with Gasteiger partial charge >= 0.3 is 0 Å². The Hall–Kier alpha value is -2.96. The van der Waals surface area contributed by atoms with Crippen LogP contribution in [0.15, 0.2) is 30.6 Å². The Morgan fingerprint density at radius 3 is 2.50 bits per heavy atom. The maximum atomic E-state index is 12.8. The van der Waals surface area contributed by atoms with Crippen LogP contribution in [-0.4, -0.2) is 59.4 Å². The quantitative estimate of drug-likeness (QED) is 0.878. The molecule has 7 nitrogen and oxygen atoms in total. The molecule has 1 atom stereocenters. The molecule has 2 aromatic rings. The molecule has 146 valence electrons. The number of nitrogens with one attached hydrogen (secondary N) is 1. The van der Waals surface area contributed by atoms with Crippen LogP contribution < -0.4 is 10.2 Å². The summed E-state index contributed by atoms with van der Waals surface area (Å²) >= 11 is 0. The summed E-state index contributed by atoms with van der Waals surface area (Å²) in [4.78, 5) is 37.7. The lowest BCUT2D eigenvalue weighted by Gasteiger charge is -2.36. The molecule has 2 aliphatic rings. The summed E-state index contributed by atoms with van der Waals surface area (Å²) in [5, 5.41) is 2.82. The summed E-state index contributed by atoms with van der Waals surface area (Å²) in [7, 11) is 0. The highest BCUT2D eigenvalue weighted by atomic mass is 16.2. The minimum atomic E-state index is -0.196. The molecule has 2 fully saturated rings. The third-order valence-corrected chi connectivity index (χ3v) is 5.49. The molecule has 0 aliphatic carbocycles. The van der Waals surface area contributed by atoms with Crippen LogP contribution in [-0.2, 0) is 4.79 Å². The normalized spacial score (nSPS) is 19.6. The van der Waals surface area contributed by atoms with Crippen LogP contribution in [0.25, 0.3) is 0 Å². The van der Waals surface area contributed by atoms with E-state index in [4.69, 9.17) is 0 Å². The first-order chi connectivity index (χ1) is 13.5. The number of amides is 2. The smallest absolute Gasteiger partial charge is 0.255 e. The number of hydrogen-bond donors (Lipinski definition) is 1. The molecule has 4 rings (SSSR count). The molecular weight excluding hydrogens is 354 g/mol. The number of pyridine rings is 2. The average molecular weight is 379 g/mol. The Balaban J connectivity index is 1.39. The largest absolute Gasteiger partial charge is 0.355 e. The first-order valence-electron chi connectivity index (χ1n) is 9.74. The Kier molecular flexibility index (Phi) is 4.98. The second-order valence-electron chi connectivity index (χ2n) is 7.54. The van der Waals surface area contributed by atoms with Gasteiger partial charge in [0.2, 0.25) is 5.91 Å². The molecule has 7 heteroatoms. The van der Waals surface area contributed by atoms with Gasteiger partial charge in [-0.15, -0.1) is 0 Å². The Bertz CT molecular complexity index is 888. The molecule has 0 spiro atoms. The van der Waals surface area contributed by atoms with Gasteiger partial charge in [-0.2, -0.15) is 0 Å². The maximum Gasteiger partial charge on any atom is 0.255 e. The van der Waals surface area contributed by atoms with Crippen LogP contribution >= 0.6 is 0 Å². The van der Waals surface area contributed by atoms with Gasteiger partial charge in [-0.25, -0.2) is 4.98 Å². The Labute approximate surface area is 164 Å². The number of rotatable bonds is 3. The van der Waals surface area contributed by atoms with Crippen molar-refractivity contribution in [1.82, 2.24) is 20.2 Å². The molecule has 0 radical (unpaired) electrons. The van der Waals surface area contributed by atoms with Gasteiger partial charge in [0.05, 0.1) is 17.2 Å². The van der Waals surface area contributed by atoms with Gasteiger partial charge in [-0.05, 0) is 43.5 Å². The minimum Gasteiger partial charge on any atom is -0.355 e. The van der Waals surface area contributed by atoms with Crippen molar-refractivity contribution in [2.45, 2.75) is 26.2 Å². The fraction of sp³-hybridized carbons (Fsp3) is 0.429. The maximum absolute atomic E-state index is 12.8. The highest BCUT2D eigenvalue weighted by Gasteiger charge is 2.28. The van der Waals surface area contributed by atoms with E-state index in [9.17, 15) is 9.59 Å². The van der Waals surface area contributed by atoms with Crippen LogP contribution in [0.2, 0.25) is 0 Å². The summed E-state index contributed by atoms with van der Waals surface area (Å²) < 4.78 is 0. The van der Waals surface area contributed by atoms with Crippen molar-refractivity contribution in [3.63, 3.8) is 0 Å². The third-order valence-electron chi connectivity index (χ3n) is 5.49. The fourth-order valence-electron chi connectivity index (χ4n) is 3.96. The number of aromatic nitrogens is 2. The van der Waals surface area contributed by atoms with Crippen molar-refractivity contribution in [2.24, 2.45) is 0 Å². The Morgan fingerprint density at radius 1 is 1.11 bits per heavy atom. The highest BCUT2D eigenvalue weighted by molar-refractivity contribution is 5.94. The van der Waals surface area contributed by atoms with E-state index in [1.165, 1.54) is 0 Å². The number of hydrogen-bond acceptors (Lipinski definition) is 5. The lowest BCUT2D eigenvalue weighted by Crippen LogP contribution is -2.49. The molecule has 2 amide bonds. The molecule has 28 heavy (non-hydrogen) atoms. The van der Waals surface area contributed by atoms with Gasteiger partial charge in [-0.1, -0.05) is 6.07 Å². The van der Waals surface area contributed by atoms with Crippen molar-refractivity contribution >= 4 is 17.6 Å². The summed E-state index contributed by atoms with van der Waals surface area (Å²) in [6.45, 7) is 7.63. The van der Waals surface area contributed by atoms with Crippen molar-refractivity contribution in [3.8, 4) is 0 Å². The number of aryl methyl sites for hydroxylation is 2. The number of carbonyl (C=O) groups excluding carboxylic acids is 2. The van der Waals surface area contributed by atoms with Crippen molar-refractivity contribution in [1.29, 1.82) is 0 Å². The third kappa shape index (κ3) is 3.56. The van der Waals surface area contributed by atoms with Crippen LogP contribution in [0.1, 0.15) is 39.5 Å². The van der Waals surface area contributed by atoms with E-state index in [1.54, 1.807) is 18.3 Å². The van der Waals surface area contributed by atoms with E-state index in [1.807, 2.05) is 18.0 Å². The molecular formula is C21H25N5O2. The molecule has 2 aliphatic heterocycles. The van der Waals surface area contributed by atoms with Gasteiger partial charge < -0.3 is 15.1 Å². The average Bonchev–Trinajstić information content (AvgIpc) is 3.14. The first-order valence-corrected chi connectivity index (χ1v) is 9.74. The molecule has 0 bridgehead atoms. The molecule has 4 heterocycles. The monoisotopic (exact) mass is 379 g/mol. The van der Waals surface area contributed by atoms with Gasteiger partial charge in [-0.3, -0.25) is 14.6 Å². The van der Waals surface area contributed by atoms with Crippen LogP contribution in [0.4, 0.5) is 5.82 Å². The van der Waals surface area contributed by atoms with E-state index < -0.39 is 0 Å². The van der Waals surface area contributed by atoms with Gasteiger partial charge in [0.1, 0.15) is 5.82 Å². The minimum absolute atomic E-state index is 0.0110. The zero-order valence-electron chi connectivity index (χ0n) is 16.3. The van der Waals surface area contributed by atoms with E-state index in [0.717, 1.165) is 42.1 Å². The zero-order valence-corrected chi connectivity index (χ0v) is 16.3. The van der Waals surface area contributed by atoms with Gasteiger partial charge in [0.25, 0.3) is 5.91 Å². The van der Waals surface area contributed by atoms with Crippen molar-refractivity contribution < 1.29 is 9.59 Å². The lowest BCUT2D eigenvalue weighted by atomic mass is 10.0. The van der Waals surface area contributed by atoms with E-state index in [2.05, 4.69) is 33.2 Å². The molecule has 2 saturated heterocycles. The molecule has 0 aromatic carbocycles. The number of carbonyl (C=O) groups is 2. The standard InChI is InChI=1S/C21H25N5O2/c1-14-11-15(2)19(24-12-14)25-7-9-26(10-8-25)21(28)16-3-4-18(23-13-16)17-5-6-22-20(17)27/h3-4,11-13,17H,5-10H2,1-2H3,(H,22,27). The lowest BCUT2D eigenvalue weighted by molar-refractivity contribution is -0.120. The fourth-order valence-corrected chi connectivity index (χ4v) is 3.96. The number of nitrogens with zero attached hydrogens (tertiary/aromatic N) is 4. The zero-order chi connectivity index (χ0) is 19.7. The van der Waals surface area contributed by atoms with Crippen LogP contribution in [0.5, 0.6) is 0 Å². The predicted molar refractivity (Wildman–Crippen MR) is 106 cm³/mol. The van der Waals surface area contributed by atoms with Crippen LogP contribution in [0, 0.1) is 13.8 Å². The Morgan fingerprint density at radius 2 is 1.89 bits per heavy atom. The van der Waals surface area contributed by atoms with E-state index in [-0.39, 0.29) is 17.7 Å². The summed E-state index contributed by atoms with van der Waals surface area (Å²) in [6, 6.07) is 5.73. The van der Waals surface area contributed by atoms with E-state index in [0.29, 0.717) is 25.2 Å². The van der Waals surface area contributed by atoms with E-state index >= 15 is 0 Å². The number of anilines is 1. The van der Waals surface area contributed by atoms with Gasteiger partial charge in [0, 0.05) is 45.1 Å². The van der Waals surface area contributed by atoms with Gasteiger partial charge in [0.15, 0.2) is 0 Å². The van der Waals surface area contributed by atoms with Crippen molar-refractivity contribution in [2.75, 3.05) is 37.6 Å². The second-order valence-corrected chi connectivity index (χ2v) is 7.54.